The van der Waals surface area contributed by atoms with Crippen LogP contribution in [-0.2, 0) is 4.74 Å². The van der Waals surface area contributed by atoms with Gasteiger partial charge in [-0.2, -0.15) is 0 Å². The van der Waals surface area contributed by atoms with Gasteiger partial charge in [-0.1, -0.05) is 0 Å². The number of halogens is 1. The number of nitrogens with zero attached hydrogens (tertiary/aromatic N) is 2. The Hall–Kier alpha value is -2.04. The first-order valence-corrected chi connectivity index (χ1v) is 4.21. The zero-order chi connectivity index (χ0) is 10.8. The lowest BCUT2D eigenvalue weighted by molar-refractivity contribution is 0.0596. The Kier molecular flexibility index (Phi) is 2.29. The Bertz CT molecular complexity index is 528. The number of esters is 1. The molecule has 0 saturated heterocycles. The molecule has 0 aliphatic heterocycles. The Morgan fingerprint density at radius 3 is 2.93 bits per heavy atom. The van der Waals surface area contributed by atoms with Crippen LogP contribution < -0.4 is 0 Å². The molecule has 0 bridgehead atoms. The molecule has 2 rings (SSSR count). The largest absolute Gasteiger partial charge is 0.464 e. The van der Waals surface area contributed by atoms with Gasteiger partial charge in [-0.3, -0.25) is 0 Å². The van der Waals surface area contributed by atoms with Crippen LogP contribution in [0.3, 0.4) is 0 Å². The van der Waals surface area contributed by atoms with E-state index in [1.807, 2.05) is 0 Å². The van der Waals surface area contributed by atoms with Crippen LogP contribution >= 0.6 is 0 Å². The van der Waals surface area contributed by atoms with Gasteiger partial charge in [-0.25, -0.2) is 19.2 Å². The first-order valence-electron chi connectivity index (χ1n) is 4.21. The van der Waals surface area contributed by atoms with Crippen LogP contribution in [0.25, 0.3) is 10.9 Å². The number of benzene rings is 1. The summed E-state index contributed by atoms with van der Waals surface area (Å²) in [4.78, 5) is 19.0. The van der Waals surface area contributed by atoms with Gasteiger partial charge in [0, 0.05) is 5.39 Å². The van der Waals surface area contributed by atoms with E-state index in [-0.39, 0.29) is 5.69 Å². The fraction of sp³-hybridized carbons (Fsp3) is 0.100. The monoisotopic (exact) mass is 206 g/mol. The molecule has 15 heavy (non-hydrogen) atoms. The van der Waals surface area contributed by atoms with Gasteiger partial charge in [0.1, 0.15) is 12.1 Å². The maximum atomic E-state index is 13.0. The van der Waals surface area contributed by atoms with Crippen LogP contribution in [0.5, 0.6) is 0 Å². The third-order valence-electron chi connectivity index (χ3n) is 1.98. The molecule has 5 heteroatoms. The maximum absolute atomic E-state index is 13.0. The van der Waals surface area contributed by atoms with Crippen LogP contribution in [0.1, 0.15) is 10.5 Å². The molecule has 0 atom stereocenters. The molecule has 1 heterocycles. The van der Waals surface area contributed by atoms with E-state index < -0.39 is 11.8 Å². The highest BCUT2D eigenvalue weighted by molar-refractivity contribution is 6.01. The van der Waals surface area contributed by atoms with Crippen LogP contribution in [0, 0.1) is 5.82 Å². The van der Waals surface area contributed by atoms with Crippen molar-refractivity contribution in [1.82, 2.24) is 9.97 Å². The molecular weight excluding hydrogens is 199 g/mol. The summed E-state index contributed by atoms with van der Waals surface area (Å²) in [5, 5.41) is 0.351. The number of carbonyl (C=O) groups is 1. The summed E-state index contributed by atoms with van der Waals surface area (Å²) in [5.41, 5.74) is 0.578. The van der Waals surface area contributed by atoms with Crippen molar-refractivity contribution >= 4 is 16.9 Å². The number of hydrogen-bond acceptors (Lipinski definition) is 4. The molecule has 2 aromatic rings. The SMILES string of the molecule is COC(=O)c1ncnc2ccc(F)cc12. The second-order valence-electron chi connectivity index (χ2n) is 2.88. The van der Waals surface area contributed by atoms with Gasteiger partial charge in [0.25, 0.3) is 0 Å². The predicted molar refractivity (Wildman–Crippen MR) is 50.8 cm³/mol. The van der Waals surface area contributed by atoms with E-state index in [2.05, 4.69) is 14.7 Å². The Morgan fingerprint density at radius 2 is 2.20 bits per heavy atom. The summed E-state index contributed by atoms with van der Waals surface area (Å²) >= 11 is 0. The van der Waals surface area contributed by atoms with E-state index in [9.17, 15) is 9.18 Å². The standard InChI is InChI=1S/C10H7FN2O2/c1-15-10(14)9-7-4-6(11)2-3-8(7)12-5-13-9/h2-5H,1H3. The zero-order valence-electron chi connectivity index (χ0n) is 7.90. The van der Waals surface area contributed by atoms with Gasteiger partial charge in [-0.15, -0.1) is 0 Å². The Balaban J connectivity index is 2.74. The molecule has 1 aromatic carbocycles. The van der Waals surface area contributed by atoms with Crippen molar-refractivity contribution in [2.75, 3.05) is 7.11 Å². The second-order valence-corrected chi connectivity index (χ2v) is 2.88. The molecule has 76 valence electrons. The normalized spacial score (nSPS) is 10.3. The van der Waals surface area contributed by atoms with Gasteiger partial charge < -0.3 is 4.74 Å². The summed E-state index contributed by atoms with van der Waals surface area (Å²) in [7, 11) is 1.25. The van der Waals surface area contributed by atoms with Crippen molar-refractivity contribution in [3.05, 3.63) is 36.0 Å². The minimum Gasteiger partial charge on any atom is -0.464 e. The fourth-order valence-corrected chi connectivity index (χ4v) is 1.29. The van der Waals surface area contributed by atoms with Crippen molar-refractivity contribution < 1.29 is 13.9 Å². The van der Waals surface area contributed by atoms with Gasteiger partial charge >= 0.3 is 5.97 Å². The van der Waals surface area contributed by atoms with E-state index in [0.29, 0.717) is 10.9 Å². The highest BCUT2D eigenvalue weighted by Gasteiger charge is 2.12. The zero-order valence-corrected chi connectivity index (χ0v) is 7.90. The molecule has 0 fully saturated rings. The second kappa shape index (κ2) is 3.61. The summed E-state index contributed by atoms with van der Waals surface area (Å²) in [5.74, 6) is -1.05. The van der Waals surface area contributed by atoms with Gasteiger partial charge in [0.05, 0.1) is 12.6 Å². The average molecular weight is 206 g/mol. The maximum Gasteiger partial charge on any atom is 0.357 e. The number of fused-ring (bicyclic) bond motifs is 1. The van der Waals surface area contributed by atoms with Crippen LogP contribution in [0.15, 0.2) is 24.5 Å². The van der Waals surface area contributed by atoms with E-state index in [0.717, 1.165) is 0 Å². The van der Waals surface area contributed by atoms with Crippen LogP contribution in [0.2, 0.25) is 0 Å². The molecule has 0 saturated carbocycles. The summed E-state index contributed by atoms with van der Waals surface area (Å²) < 4.78 is 17.5. The number of methoxy groups -OCH3 is 1. The molecule has 4 nitrogen and oxygen atoms in total. The molecule has 0 aliphatic carbocycles. The lowest BCUT2D eigenvalue weighted by Crippen LogP contribution is -2.05. The summed E-state index contributed by atoms with van der Waals surface area (Å²) in [6.07, 6.45) is 1.24. The number of ether oxygens (including phenoxy) is 1. The first-order chi connectivity index (χ1) is 7.22. The summed E-state index contributed by atoms with van der Waals surface area (Å²) in [6, 6.07) is 3.97. The predicted octanol–water partition coefficient (Wildman–Crippen LogP) is 1.56. The molecular formula is C10H7FN2O2. The fourth-order valence-electron chi connectivity index (χ4n) is 1.29. The highest BCUT2D eigenvalue weighted by atomic mass is 19.1. The molecule has 0 amide bonds. The van der Waals surface area contributed by atoms with Gasteiger partial charge in [0.15, 0.2) is 5.69 Å². The highest BCUT2D eigenvalue weighted by Crippen LogP contribution is 2.16. The van der Waals surface area contributed by atoms with E-state index in [1.165, 1.54) is 31.6 Å². The molecule has 0 spiro atoms. The number of rotatable bonds is 1. The van der Waals surface area contributed by atoms with Gasteiger partial charge in [0.2, 0.25) is 0 Å². The molecule has 0 aliphatic rings. The third-order valence-corrected chi connectivity index (χ3v) is 1.98. The van der Waals surface area contributed by atoms with Crippen molar-refractivity contribution in [1.29, 1.82) is 0 Å². The minimum atomic E-state index is -0.604. The number of aromatic nitrogens is 2. The van der Waals surface area contributed by atoms with E-state index in [1.54, 1.807) is 0 Å². The molecule has 0 unspecified atom stereocenters. The van der Waals surface area contributed by atoms with Crippen molar-refractivity contribution in [3.63, 3.8) is 0 Å². The van der Waals surface area contributed by atoms with E-state index in [4.69, 9.17) is 0 Å². The smallest absolute Gasteiger partial charge is 0.357 e. The molecule has 0 N–H and O–H groups in total. The topological polar surface area (TPSA) is 52.1 Å². The van der Waals surface area contributed by atoms with Crippen molar-refractivity contribution in [3.8, 4) is 0 Å². The minimum absolute atomic E-state index is 0.0713. The molecule has 1 aromatic heterocycles. The van der Waals surface area contributed by atoms with Gasteiger partial charge in [-0.05, 0) is 18.2 Å². The number of hydrogen-bond donors (Lipinski definition) is 0. The third kappa shape index (κ3) is 1.63. The van der Waals surface area contributed by atoms with Crippen LogP contribution in [0.4, 0.5) is 4.39 Å². The van der Waals surface area contributed by atoms with Crippen LogP contribution in [-0.4, -0.2) is 23.0 Å². The quantitative estimate of drug-likeness (QED) is 0.664. The lowest BCUT2D eigenvalue weighted by Gasteiger charge is -2.02. The summed E-state index contributed by atoms with van der Waals surface area (Å²) in [6.45, 7) is 0. The molecule has 0 radical (unpaired) electrons. The Morgan fingerprint density at radius 1 is 1.40 bits per heavy atom. The average Bonchev–Trinajstić information content (AvgIpc) is 2.27. The van der Waals surface area contributed by atoms with Crippen molar-refractivity contribution in [2.24, 2.45) is 0 Å². The first kappa shape index (κ1) is 9.51. The Labute approximate surface area is 84.7 Å². The van der Waals surface area contributed by atoms with E-state index >= 15 is 0 Å². The lowest BCUT2D eigenvalue weighted by atomic mass is 10.2. The van der Waals surface area contributed by atoms with Crippen molar-refractivity contribution in [2.45, 2.75) is 0 Å². The number of carbonyl (C=O) groups excluding carboxylic acids is 1.